The molecule has 20 heavy (non-hydrogen) atoms. The molecule has 2 rings (SSSR count). The minimum absolute atomic E-state index is 0.0508. The van der Waals surface area contributed by atoms with Crippen LogP contribution >= 0.6 is 0 Å². The Kier molecular flexibility index (Phi) is 3.78. The largest absolute Gasteiger partial charge is 0.478 e. The number of carbonyl (C=O) groups excluding carboxylic acids is 1. The highest BCUT2D eigenvalue weighted by Gasteiger charge is 2.25. The smallest absolute Gasteiger partial charge is 0.339 e. The molecule has 0 radical (unpaired) electrons. The SMILES string of the molecule is O=C(O)c1cc([N+](=O)[O-])cnc1NC1CCCNC1=O. The van der Waals surface area contributed by atoms with E-state index >= 15 is 0 Å². The van der Waals surface area contributed by atoms with Crippen LogP contribution in [0.15, 0.2) is 12.3 Å². The molecule has 1 aromatic heterocycles. The average Bonchev–Trinajstić information content (AvgIpc) is 2.41. The van der Waals surface area contributed by atoms with Gasteiger partial charge in [0.25, 0.3) is 5.69 Å². The highest BCUT2D eigenvalue weighted by molar-refractivity contribution is 5.95. The van der Waals surface area contributed by atoms with Crippen molar-refractivity contribution < 1.29 is 19.6 Å². The highest BCUT2D eigenvalue weighted by atomic mass is 16.6. The molecule has 1 atom stereocenters. The predicted octanol–water partition coefficient (Wildman–Crippen LogP) is 0.378. The summed E-state index contributed by atoms with van der Waals surface area (Å²) in [7, 11) is 0. The van der Waals surface area contributed by atoms with Crippen LogP contribution in [0, 0.1) is 10.1 Å². The number of nitro groups is 1. The molecule has 0 aliphatic carbocycles. The van der Waals surface area contributed by atoms with Crippen LogP contribution in [0.25, 0.3) is 0 Å². The van der Waals surface area contributed by atoms with Crippen molar-refractivity contribution in [2.24, 2.45) is 0 Å². The van der Waals surface area contributed by atoms with Crippen molar-refractivity contribution in [2.75, 3.05) is 11.9 Å². The Hall–Kier alpha value is -2.71. The van der Waals surface area contributed by atoms with Crippen LogP contribution in [-0.4, -0.2) is 39.5 Å². The maximum Gasteiger partial charge on any atom is 0.339 e. The Bertz CT molecular complexity index is 574. The van der Waals surface area contributed by atoms with E-state index in [2.05, 4.69) is 15.6 Å². The van der Waals surface area contributed by atoms with Crippen LogP contribution in [0.2, 0.25) is 0 Å². The number of anilines is 1. The zero-order valence-corrected chi connectivity index (χ0v) is 10.3. The Morgan fingerprint density at radius 2 is 2.35 bits per heavy atom. The van der Waals surface area contributed by atoms with Gasteiger partial charge in [-0.15, -0.1) is 0 Å². The summed E-state index contributed by atoms with van der Waals surface area (Å²) in [6, 6.07) is 0.328. The van der Waals surface area contributed by atoms with Gasteiger partial charge < -0.3 is 15.7 Å². The maximum atomic E-state index is 11.6. The lowest BCUT2D eigenvalue weighted by atomic mass is 10.1. The number of carboxylic acids is 1. The minimum Gasteiger partial charge on any atom is -0.478 e. The summed E-state index contributed by atoms with van der Waals surface area (Å²) in [5.74, 6) is -1.64. The zero-order valence-electron chi connectivity index (χ0n) is 10.3. The first kappa shape index (κ1) is 13.7. The predicted molar refractivity (Wildman–Crippen MR) is 67.5 cm³/mol. The van der Waals surface area contributed by atoms with E-state index in [4.69, 9.17) is 5.11 Å². The molecule has 1 amide bonds. The number of carboxylic acid groups (broad SMARTS) is 1. The molecule has 3 N–H and O–H groups in total. The van der Waals surface area contributed by atoms with Crippen molar-refractivity contribution >= 4 is 23.4 Å². The number of nitrogens with zero attached hydrogens (tertiary/aromatic N) is 2. The number of rotatable bonds is 4. The normalized spacial score (nSPS) is 18.2. The molecular weight excluding hydrogens is 268 g/mol. The number of aromatic carboxylic acids is 1. The number of nitrogens with one attached hydrogen (secondary N) is 2. The Morgan fingerprint density at radius 3 is 2.95 bits per heavy atom. The molecule has 1 saturated heterocycles. The standard InChI is InChI=1S/C11H12N4O5/c16-10-8(2-1-3-12-10)14-9-7(11(17)18)4-6(5-13-9)15(19)20/h4-5,8H,1-3H2,(H,12,16)(H,13,14)(H,17,18). The molecule has 1 aliphatic heterocycles. The first-order valence-electron chi connectivity index (χ1n) is 5.91. The van der Waals surface area contributed by atoms with Gasteiger partial charge in [-0.3, -0.25) is 14.9 Å². The molecule has 0 aromatic carbocycles. The van der Waals surface area contributed by atoms with Gasteiger partial charge in [-0.1, -0.05) is 0 Å². The van der Waals surface area contributed by atoms with Crippen LogP contribution < -0.4 is 10.6 Å². The third kappa shape index (κ3) is 2.82. The first-order chi connectivity index (χ1) is 9.49. The molecule has 1 aromatic rings. The van der Waals surface area contributed by atoms with Crippen molar-refractivity contribution in [3.8, 4) is 0 Å². The third-order valence-electron chi connectivity index (χ3n) is 2.91. The maximum absolute atomic E-state index is 11.6. The molecule has 1 unspecified atom stereocenters. The zero-order chi connectivity index (χ0) is 14.7. The van der Waals surface area contributed by atoms with Gasteiger partial charge in [0.15, 0.2) is 0 Å². The molecule has 1 aliphatic rings. The number of aromatic nitrogens is 1. The summed E-state index contributed by atoms with van der Waals surface area (Å²) in [5, 5.41) is 25.0. The number of piperidine rings is 1. The van der Waals surface area contributed by atoms with Crippen molar-refractivity contribution in [1.29, 1.82) is 0 Å². The van der Waals surface area contributed by atoms with Crippen LogP contribution in [0.3, 0.4) is 0 Å². The summed E-state index contributed by atoms with van der Waals surface area (Å²) < 4.78 is 0. The van der Waals surface area contributed by atoms with Crippen molar-refractivity contribution in [1.82, 2.24) is 10.3 Å². The van der Waals surface area contributed by atoms with E-state index in [1.807, 2.05) is 0 Å². The van der Waals surface area contributed by atoms with Crippen molar-refractivity contribution in [3.63, 3.8) is 0 Å². The summed E-state index contributed by atoms with van der Waals surface area (Å²) in [5.41, 5.74) is -0.751. The molecule has 0 bridgehead atoms. The Balaban J connectivity index is 2.28. The van der Waals surface area contributed by atoms with Crippen LogP contribution in [0.1, 0.15) is 23.2 Å². The van der Waals surface area contributed by atoms with E-state index in [9.17, 15) is 19.7 Å². The van der Waals surface area contributed by atoms with Crippen LogP contribution in [0.4, 0.5) is 11.5 Å². The third-order valence-corrected chi connectivity index (χ3v) is 2.91. The van der Waals surface area contributed by atoms with E-state index in [1.54, 1.807) is 0 Å². The van der Waals surface area contributed by atoms with E-state index < -0.39 is 22.6 Å². The second kappa shape index (κ2) is 5.51. The number of carbonyl (C=O) groups is 2. The Morgan fingerprint density at radius 1 is 1.60 bits per heavy atom. The monoisotopic (exact) mass is 280 g/mol. The number of hydrogen-bond donors (Lipinski definition) is 3. The lowest BCUT2D eigenvalue weighted by molar-refractivity contribution is -0.385. The fourth-order valence-corrected chi connectivity index (χ4v) is 1.91. The van der Waals surface area contributed by atoms with Crippen LogP contribution in [0.5, 0.6) is 0 Å². The summed E-state index contributed by atoms with van der Waals surface area (Å²) in [6.07, 6.45) is 2.26. The second-order valence-corrected chi connectivity index (χ2v) is 4.28. The van der Waals surface area contributed by atoms with Gasteiger partial charge in [-0.2, -0.15) is 0 Å². The van der Waals surface area contributed by atoms with Gasteiger partial charge in [0.05, 0.1) is 4.92 Å². The lowest BCUT2D eigenvalue weighted by Gasteiger charge is -2.23. The molecule has 9 heteroatoms. The van der Waals surface area contributed by atoms with E-state index in [0.29, 0.717) is 13.0 Å². The molecule has 0 spiro atoms. The fraction of sp³-hybridized carbons (Fsp3) is 0.364. The number of amides is 1. The Labute approximate surface area is 113 Å². The summed E-state index contributed by atoms with van der Waals surface area (Å²) in [4.78, 5) is 36.3. The lowest BCUT2D eigenvalue weighted by Crippen LogP contribution is -2.44. The van der Waals surface area contributed by atoms with Crippen molar-refractivity contribution in [3.05, 3.63) is 27.9 Å². The second-order valence-electron chi connectivity index (χ2n) is 4.28. The van der Waals surface area contributed by atoms with E-state index in [1.165, 1.54) is 0 Å². The van der Waals surface area contributed by atoms with E-state index in [-0.39, 0.29) is 17.3 Å². The van der Waals surface area contributed by atoms with E-state index in [0.717, 1.165) is 18.7 Å². The van der Waals surface area contributed by atoms with Gasteiger partial charge in [0.2, 0.25) is 5.91 Å². The summed E-state index contributed by atoms with van der Waals surface area (Å²) in [6.45, 7) is 0.580. The van der Waals surface area contributed by atoms with Gasteiger partial charge in [0, 0.05) is 12.6 Å². The molecule has 106 valence electrons. The highest BCUT2D eigenvalue weighted by Crippen LogP contribution is 2.21. The molecule has 9 nitrogen and oxygen atoms in total. The minimum atomic E-state index is -1.35. The average molecular weight is 280 g/mol. The van der Waals surface area contributed by atoms with Gasteiger partial charge >= 0.3 is 5.97 Å². The first-order valence-corrected chi connectivity index (χ1v) is 5.91. The van der Waals surface area contributed by atoms with Gasteiger partial charge in [-0.05, 0) is 12.8 Å². The quantitative estimate of drug-likeness (QED) is 0.536. The molecule has 2 heterocycles. The van der Waals surface area contributed by atoms with Crippen LogP contribution in [-0.2, 0) is 4.79 Å². The summed E-state index contributed by atoms with van der Waals surface area (Å²) >= 11 is 0. The molecule has 0 saturated carbocycles. The van der Waals surface area contributed by atoms with Crippen molar-refractivity contribution in [2.45, 2.75) is 18.9 Å². The molecule has 1 fully saturated rings. The topological polar surface area (TPSA) is 134 Å². The number of hydrogen-bond acceptors (Lipinski definition) is 6. The molecular formula is C11H12N4O5. The number of pyridine rings is 1. The fourth-order valence-electron chi connectivity index (χ4n) is 1.91. The van der Waals surface area contributed by atoms with Gasteiger partial charge in [-0.25, -0.2) is 9.78 Å². The van der Waals surface area contributed by atoms with Gasteiger partial charge in [0.1, 0.15) is 23.6 Å².